The summed E-state index contributed by atoms with van der Waals surface area (Å²) in [5, 5.41) is 12.1. The molecule has 10 heteroatoms. The van der Waals surface area contributed by atoms with Gasteiger partial charge in [-0.2, -0.15) is 5.11 Å². The van der Waals surface area contributed by atoms with E-state index in [0.29, 0.717) is 17.2 Å². The van der Waals surface area contributed by atoms with E-state index in [9.17, 15) is 14.4 Å². The molecule has 1 saturated heterocycles. The second-order valence-corrected chi connectivity index (χ2v) is 8.07. The highest BCUT2D eigenvalue weighted by molar-refractivity contribution is 6.25. The standard InChI is InChI=1S/C23H25N5O5/c1-12-8-13(2)19(14(3)9-12)24-18(29)11-27-21-20(25-26-27)22(30)28(23(21)31)15-6-7-16(32-4)17(10-15)33-5/h6-10,20-21H,11H2,1-5H3,(H,24,29)/t20-,21+/m0/s1. The van der Waals surface area contributed by atoms with E-state index in [4.69, 9.17) is 9.47 Å². The number of fused-ring (bicyclic) bond motifs is 1. The third kappa shape index (κ3) is 3.88. The van der Waals surface area contributed by atoms with E-state index in [1.54, 1.807) is 18.2 Å². The summed E-state index contributed by atoms with van der Waals surface area (Å²) >= 11 is 0. The number of nitrogens with one attached hydrogen (secondary N) is 1. The van der Waals surface area contributed by atoms with Gasteiger partial charge in [0.15, 0.2) is 23.6 Å². The number of carbonyl (C=O) groups excluding carboxylic acids is 3. The van der Waals surface area contributed by atoms with Gasteiger partial charge in [0.25, 0.3) is 11.8 Å². The van der Waals surface area contributed by atoms with Crippen molar-refractivity contribution in [1.29, 1.82) is 0 Å². The van der Waals surface area contributed by atoms with Crippen LogP contribution in [0.15, 0.2) is 40.7 Å². The largest absolute Gasteiger partial charge is 0.493 e. The first-order valence-electron chi connectivity index (χ1n) is 10.4. The van der Waals surface area contributed by atoms with E-state index in [1.165, 1.54) is 19.2 Å². The summed E-state index contributed by atoms with van der Waals surface area (Å²) in [7, 11) is 2.97. The van der Waals surface area contributed by atoms with Gasteiger partial charge in [0.1, 0.15) is 6.54 Å². The highest BCUT2D eigenvalue weighted by Crippen LogP contribution is 2.36. The van der Waals surface area contributed by atoms with Crippen LogP contribution in [-0.4, -0.2) is 55.6 Å². The Balaban J connectivity index is 1.52. The highest BCUT2D eigenvalue weighted by atomic mass is 16.5. The van der Waals surface area contributed by atoms with Crippen molar-refractivity contribution in [3.05, 3.63) is 47.0 Å². The maximum Gasteiger partial charge on any atom is 0.263 e. The first-order valence-corrected chi connectivity index (χ1v) is 10.4. The lowest BCUT2D eigenvalue weighted by molar-refractivity contribution is -0.123. The number of amides is 3. The van der Waals surface area contributed by atoms with Crippen LogP contribution in [-0.2, 0) is 14.4 Å². The van der Waals surface area contributed by atoms with E-state index in [-0.39, 0.29) is 12.5 Å². The first-order chi connectivity index (χ1) is 15.7. The van der Waals surface area contributed by atoms with Crippen molar-refractivity contribution in [1.82, 2.24) is 5.01 Å². The van der Waals surface area contributed by atoms with Crippen LogP contribution in [0.4, 0.5) is 11.4 Å². The van der Waals surface area contributed by atoms with Crippen molar-refractivity contribution in [3.8, 4) is 11.5 Å². The van der Waals surface area contributed by atoms with Gasteiger partial charge < -0.3 is 14.8 Å². The summed E-state index contributed by atoms with van der Waals surface area (Å²) < 4.78 is 10.5. The second kappa shape index (κ2) is 8.53. The van der Waals surface area contributed by atoms with Crippen molar-refractivity contribution < 1.29 is 23.9 Å². The predicted octanol–water partition coefficient (Wildman–Crippen LogP) is 2.56. The minimum atomic E-state index is -0.999. The number of ether oxygens (including phenoxy) is 2. The smallest absolute Gasteiger partial charge is 0.263 e. The minimum Gasteiger partial charge on any atom is -0.493 e. The summed E-state index contributed by atoms with van der Waals surface area (Å²) in [6.45, 7) is 5.61. The van der Waals surface area contributed by atoms with E-state index in [0.717, 1.165) is 27.3 Å². The topological polar surface area (TPSA) is 113 Å². The molecule has 2 aromatic rings. The SMILES string of the molecule is COc1ccc(N2C(=O)[C@H]3N=NN(CC(=O)Nc4c(C)cc(C)cc4C)[C@H]3C2=O)cc1OC. The monoisotopic (exact) mass is 451 g/mol. The number of imide groups is 1. The third-order valence-electron chi connectivity index (χ3n) is 5.73. The van der Waals surface area contributed by atoms with Gasteiger partial charge in [-0.15, -0.1) is 0 Å². The van der Waals surface area contributed by atoms with Crippen LogP contribution < -0.4 is 19.7 Å². The van der Waals surface area contributed by atoms with Crippen molar-refractivity contribution in [2.45, 2.75) is 32.9 Å². The summed E-state index contributed by atoms with van der Waals surface area (Å²) in [5.74, 6) is -0.504. The highest BCUT2D eigenvalue weighted by Gasteiger charge is 2.55. The summed E-state index contributed by atoms with van der Waals surface area (Å²) in [6, 6.07) is 6.74. The molecule has 0 spiro atoms. The maximum atomic E-state index is 13.2. The van der Waals surface area contributed by atoms with Gasteiger partial charge in [-0.05, 0) is 44.0 Å². The molecule has 3 amide bonds. The Bertz CT molecular complexity index is 1150. The molecule has 2 aromatic carbocycles. The lowest BCUT2D eigenvalue weighted by Gasteiger charge is -2.21. The average molecular weight is 451 g/mol. The number of aryl methyl sites for hydroxylation is 3. The number of methoxy groups -OCH3 is 2. The fourth-order valence-corrected chi connectivity index (χ4v) is 4.28. The molecule has 0 aliphatic carbocycles. The molecule has 2 aliphatic rings. The van der Waals surface area contributed by atoms with Gasteiger partial charge in [-0.1, -0.05) is 22.9 Å². The zero-order valence-corrected chi connectivity index (χ0v) is 19.1. The van der Waals surface area contributed by atoms with Gasteiger partial charge in [0.05, 0.1) is 19.9 Å². The van der Waals surface area contributed by atoms with Crippen LogP contribution in [0.3, 0.4) is 0 Å². The first kappa shape index (κ1) is 22.3. The van der Waals surface area contributed by atoms with E-state index < -0.39 is 23.9 Å². The number of anilines is 2. The molecule has 0 unspecified atom stereocenters. The molecule has 10 nitrogen and oxygen atoms in total. The number of hydrogen-bond donors (Lipinski definition) is 1. The number of carbonyl (C=O) groups is 3. The van der Waals surface area contributed by atoms with Crippen molar-refractivity contribution in [3.63, 3.8) is 0 Å². The Hall–Kier alpha value is -3.95. The third-order valence-corrected chi connectivity index (χ3v) is 5.73. The molecule has 4 rings (SSSR count). The maximum absolute atomic E-state index is 13.2. The minimum absolute atomic E-state index is 0.212. The molecule has 0 radical (unpaired) electrons. The van der Waals surface area contributed by atoms with Gasteiger partial charge in [-0.25, -0.2) is 4.90 Å². The summed E-state index contributed by atoms with van der Waals surface area (Å²) in [6.07, 6.45) is 0. The van der Waals surface area contributed by atoms with E-state index in [2.05, 4.69) is 15.7 Å². The number of benzene rings is 2. The summed E-state index contributed by atoms with van der Waals surface area (Å²) in [5.41, 5.74) is 4.04. The molecule has 2 aliphatic heterocycles. The Morgan fingerprint density at radius 1 is 1.00 bits per heavy atom. The van der Waals surface area contributed by atoms with Gasteiger partial charge in [-0.3, -0.25) is 19.4 Å². The molecular formula is C23H25N5O5. The molecule has 0 bridgehead atoms. The Labute approximate surface area is 191 Å². The van der Waals surface area contributed by atoms with Gasteiger partial charge in [0, 0.05) is 11.8 Å². The Kier molecular flexibility index (Phi) is 5.75. The lowest BCUT2D eigenvalue weighted by Crippen LogP contribution is -2.43. The van der Waals surface area contributed by atoms with Gasteiger partial charge >= 0.3 is 0 Å². The predicted molar refractivity (Wildman–Crippen MR) is 120 cm³/mol. The van der Waals surface area contributed by atoms with Crippen LogP contribution in [0.2, 0.25) is 0 Å². The number of hydrogen-bond acceptors (Lipinski definition) is 8. The van der Waals surface area contributed by atoms with Crippen LogP contribution in [0.5, 0.6) is 11.5 Å². The molecular weight excluding hydrogens is 426 g/mol. The van der Waals surface area contributed by atoms with Crippen molar-refractivity contribution in [2.24, 2.45) is 10.3 Å². The molecule has 2 heterocycles. The second-order valence-electron chi connectivity index (χ2n) is 8.07. The molecule has 33 heavy (non-hydrogen) atoms. The van der Waals surface area contributed by atoms with Crippen LogP contribution in [0, 0.1) is 20.8 Å². The average Bonchev–Trinajstić information content (AvgIpc) is 3.29. The van der Waals surface area contributed by atoms with Crippen LogP contribution in [0.1, 0.15) is 16.7 Å². The normalized spacial score (nSPS) is 19.2. The Morgan fingerprint density at radius 2 is 1.67 bits per heavy atom. The van der Waals surface area contributed by atoms with Crippen LogP contribution >= 0.6 is 0 Å². The molecule has 1 N–H and O–H groups in total. The van der Waals surface area contributed by atoms with Crippen molar-refractivity contribution >= 4 is 29.1 Å². The van der Waals surface area contributed by atoms with Gasteiger partial charge in [0.2, 0.25) is 5.91 Å². The fraction of sp³-hybridized carbons (Fsp3) is 0.348. The van der Waals surface area contributed by atoms with Crippen molar-refractivity contribution in [2.75, 3.05) is 31.0 Å². The fourth-order valence-electron chi connectivity index (χ4n) is 4.28. The molecule has 1 fully saturated rings. The van der Waals surface area contributed by atoms with E-state index >= 15 is 0 Å². The molecule has 0 saturated carbocycles. The molecule has 172 valence electrons. The van der Waals surface area contributed by atoms with E-state index in [1.807, 2.05) is 32.9 Å². The molecule has 0 aromatic heterocycles. The molecule has 2 atom stereocenters. The zero-order valence-electron chi connectivity index (χ0n) is 19.1. The zero-order chi connectivity index (χ0) is 23.9. The quantitative estimate of drug-likeness (QED) is 0.676. The summed E-state index contributed by atoms with van der Waals surface area (Å²) in [4.78, 5) is 39.9. The number of rotatable bonds is 6. The number of nitrogens with zero attached hydrogens (tertiary/aromatic N) is 4. The Morgan fingerprint density at radius 3 is 2.30 bits per heavy atom. The van der Waals surface area contributed by atoms with Crippen LogP contribution in [0.25, 0.3) is 0 Å². The lowest BCUT2D eigenvalue weighted by atomic mass is 10.1.